The lowest BCUT2D eigenvalue weighted by Crippen LogP contribution is -2.45. The fourth-order valence-corrected chi connectivity index (χ4v) is 4.25. The van der Waals surface area contributed by atoms with Gasteiger partial charge in [0.05, 0.1) is 20.0 Å². The highest BCUT2D eigenvalue weighted by molar-refractivity contribution is 7.99. The standard InChI is InChI=1S/C21H34N6O4S/c1-3-4-5-6-7-8-9-10-11-32-19-17-18(25-21(22)26-19)27(14-23-17)12-16(29)24-15(13-28)20(30)31-2/h14-15,28H,3-13H2,1-2H3,(H,24,29)(H2,22,25,26)/t15-/m1/s1. The van der Waals surface area contributed by atoms with Gasteiger partial charge in [-0.2, -0.15) is 4.98 Å². The van der Waals surface area contributed by atoms with Crippen LogP contribution in [0.5, 0.6) is 0 Å². The third kappa shape index (κ3) is 7.94. The zero-order chi connectivity index (χ0) is 23.3. The molecular formula is C21H34N6O4S. The average Bonchev–Trinajstić information content (AvgIpc) is 3.18. The Balaban J connectivity index is 1.91. The van der Waals surface area contributed by atoms with Gasteiger partial charge in [0.1, 0.15) is 17.1 Å². The third-order valence-electron chi connectivity index (χ3n) is 5.00. The van der Waals surface area contributed by atoms with E-state index < -0.39 is 24.5 Å². The fourth-order valence-electron chi connectivity index (χ4n) is 3.27. The van der Waals surface area contributed by atoms with Crippen LogP contribution in [0.15, 0.2) is 11.4 Å². The molecule has 1 atom stereocenters. The molecule has 0 aliphatic heterocycles. The highest BCUT2D eigenvalue weighted by Crippen LogP contribution is 2.26. The van der Waals surface area contributed by atoms with Crippen LogP contribution >= 0.6 is 11.8 Å². The van der Waals surface area contributed by atoms with Crippen LogP contribution in [0.1, 0.15) is 58.3 Å². The number of aliphatic hydroxyl groups is 1. The molecule has 0 aliphatic carbocycles. The van der Waals surface area contributed by atoms with Crippen LogP contribution in [0.4, 0.5) is 5.95 Å². The molecule has 0 aliphatic rings. The van der Waals surface area contributed by atoms with Crippen molar-refractivity contribution in [3.05, 3.63) is 6.33 Å². The minimum Gasteiger partial charge on any atom is -0.467 e. The SMILES string of the molecule is CCCCCCCCCCSc1nc(N)nc2c1ncn2CC(=O)N[C@H](CO)C(=O)OC. The summed E-state index contributed by atoms with van der Waals surface area (Å²) in [4.78, 5) is 36.8. The van der Waals surface area contributed by atoms with Gasteiger partial charge in [0.15, 0.2) is 11.7 Å². The van der Waals surface area contributed by atoms with Crippen molar-refractivity contribution in [1.29, 1.82) is 0 Å². The second kappa shape index (κ2) is 13.9. The molecule has 0 bridgehead atoms. The number of unbranched alkanes of at least 4 members (excludes halogenated alkanes) is 7. The zero-order valence-corrected chi connectivity index (χ0v) is 19.7. The van der Waals surface area contributed by atoms with Gasteiger partial charge in [-0.05, 0) is 12.2 Å². The molecule has 0 radical (unpaired) electrons. The molecule has 10 nitrogen and oxygen atoms in total. The number of nitrogens with two attached hydrogens (primary N) is 1. The number of ether oxygens (including phenoxy) is 1. The number of nitrogens with one attached hydrogen (secondary N) is 1. The Bertz CT molecular complexity index is 875. The zero-order valence-electron chi connectivity index (χ0n) is 18.9. The summed E-state index contributed by atoms with van der Waals surface area (Å²) in [7, 11) is 1.19. The summed E-state index contributed by atoms with van der Waals surface area (Å²) < 4.78 is 6.09. The number of esters is 1. The van der Waals surface area contributed by atoms with E-state index in [1.807, 2.05) is 0 Å². The number of rotatable bonds is 15. The number of aromatic nitrogens is 4. The van der Waals surface area contributed by atoms with Crippen molar-refractivity contribution in [3.63, 3.8) is 0 Å². The Hall–Kier alpha value is -2.40. The Morgan fingerprint density at radius 3 is 2.53 bits per heavy atom. The molecule has 0 saturated carbocycles. The summed E-state index contributed by atoms with van der Waals surface area (Å²) in [5, 5.41) is 12.4. The van der Waals surface area contributed by atoms with Crippen LogP contribution in [0.2, 0.25) is 0 Å². The van der Waals surface area contributed by atoms with Crippen molar-refractivity contribution < 1.29 is 19.4 Å². The number of amides is 1. The van der Waals surface area contributed by atoms with Crippen molar-refractivity contribution in [2.75, 3.05) is 25.2 Å². The largest absolute Gasteiger partial charge is 0.467 e. The minimum atomic E-state index is -1.13. The summed E-state index contributed by atoms with van der Waals surface area (Å²) in [5.41, 5.74) is 6.92. The summed E-state index contributed by atoms with van der Waals surface area (Å²) in [5.74, 6) is -0.187. The second-order valence-electron chi connectivity index (χ2n) is 7.58. The summed E-state index contributed by atoms with van der Waals surface area (Å²) in [6, 6.07) is -1.13. The number of hydrogen-bond donors (Lipinski definition) is 3. The van der Waals surface area contributed by atoms with Gasteiger partial charge >= 0.3 is 5.97 Å². The monoisotopic (exact) mass is 466 g/mol. The molecule has 2 aromatic heterocycles. The smallest absolute Gasteiger partial charge is 0.330 e. The van der Waals surface area contributed by atoms with E-state index >= 15 is 0 Å². The van der Waals surface area contributed by atoms with Gasteiger partial charge in [0, 0.05) is 0 Å². The van der Waals surface area contributed by atoms with Crippen LogP contribution in [0.25, 0.3) is 11.2 Å². The van der Waals surface area contributed by atoms with E-state index in [9.17, 15) is 14.7 Å². The molecule has 4 N–H and O–H groups in total. The van der Waals surface area contributed by atoms with Gasteiger partial charge in [-0.15, -0.1) is 11.8 Å². The first kappa shape index (κ1) is 25.9. The first-order chi connectivity index (χ1) is 15.5. The van der Waals surface area contributed by atoms with Gasteiger partial charge in [0.2, 0.25) is 11.9 Å². The maximum atomic E-state index is 12.3. The van der Waals surface area contributed by atoms with Crippen molar-refractivity contribution in [1.82, 2.24) is 24.8 Å². The topological polar surface area (TPSA) is 145 Å². The van der Waals surface area contributed by atoms with Crippen LogP contribution in [0.3, 0.4) is 0 Å². The normalized spacial score (nSPS) is 12.1. The first-order valence-corrected chi connectivity index (χ1v) is 12.1. The van der Waals surface area contributed by atoms with Crippen LogP contribution in [0, 0.1) is 0 Å². The maximum absolute atomic E-state index is 12.3. The molecule has 2 aromatic rings. The van der Waals surface area contributed by atoms with E-state index in [-0.39, 0.29) is 12.5 Å². The number of hydrogen-bond acceptors (Lipinski definition) is 9. The van der Waals surface area contributed by atoms with Gasteiger partial charge in [-0.25, -0.2) is 14.8 Å². The van der Waals surface area contributed by atoms with E-state index in [4.69, 9.17) is 5.73 Å². The molecule has 11 heteroatoms. The molecular weight excluding hydrogens is 432 g/mol. The maximum Gasteiger partial charge on any atom is 0.330 e. The molecule has 2 heterocycles. The quantitative estimate of drug-likeness (QED) is 0.156. The first-order valence-electron chi connectivity index (χ1n) is 11.1. The summed E-state index contributed by atoms with van der Waals surface area (Å²) in [6.45, 7) is 1.53. The fraction of sp³-hybridized carbons (Fsp3) is 0.667. The lowest BCUT2D eigenvalue weighted by atomic mass is 10.1. The molecule has 32 heavy (non-hydrogen) atoms. The van der Waals surface area contributed by atoms with Gasteiger partial charge in [-0.1, -0.05) is 51.9 Å². The predicted molar refractivity (Wildman–Crippen MR) is 124 cm³/mol. The number of carbonyl (C=O) groups is 2. The number of anilines is 1. The highest BCUT2D eigenvalue weighted by atomic mass is 32.2. The van der Waals surface area contributed by atoms with Crippen molar-refractivity contribution >= 4 is 40.8 Å². The number of nitrogens with zero attached hydrogens (tertiary/aromatic N) is 4. The lowest BCUT2D eigenvalue weighted by molar-refractivity contribution is -0.146. The Kier molecular flexibility index (Phi) is 11.2. The van der Waals surface area contributed by atoms with Crippen molar-refractivity contribution in [2.24, 2.45) is 0 Å². The lowest BCUT2D eigenvalue weighted by Gasteiger charge is -2.14. The number of nitrogen functional groups attached to an aromatic ring is 1. The van der Waals surface area contributed by atoms with Crippen molar-refractivity contribution in [2.45, 2.75) is 75.9 Å². The number of methoxy groups -OCH3 is 1. The molecule has 178 valence electrons. The number of thioether (sulfide) groups is 1. The highest BCUT2D eigenvalue weighted by Gasteiger charge is 2.21. The Morgan fingerprint density at radius 1 is 1.19 bits per heavy atom. The molecule has 0 aromatic carbocycles. The third-order valence-corrected chi connectivity index (χ3v) is 6.05. The van der Waals surface area contributed by atoms with E-state index in [0.29, 0.717) is 16.2 Å². The minimum absolute atomic E-state index is 0.112. The predicted octanol–water partition coefficient (Wildman–Crippen LogP) is 2.29. The van der Waals surface area contributed by atoms with Crippen LogP contribution in [-0.4, -0.2) is 62.0 Å². The number of aliphatic hydroxyl groups excluding tert-OH is 1. The molecule has 0 fully saturated rings. The molecule has 0 saturated heterocycles. The van der Waals surface area contributed by atoms with E-state index in [1.165, 1.54) is 62.9 Å². The molecule has 0 spiro atoms. The van der Waals surface area contributed by atoms with E-state index in [1.54, 1.807) is 11.8 Å². The van der Waals surface area contributed by atoms with Gasteiger partial charge < -0.3 is 25.5 Å². The summed E-state index contributed by atoms with van der Waals surface area (Å²) in [6.07, 6.45) is 11.5. The van der Waals surface area contributed by atoms with E-state index in [0.717, 1.165) is 12.2 Å². The molecule has 0 unspecified atom stereocenters. The van der Waals surface area contributed by atoms with Gasteiger partial charge in [-0.3, -0.25) is 4.79 Å². The average molecular weight is 467 g/mol. The number of imidazole rings is 1. The summed E-state index contributed by atoms with van der Waals surface area (Å²) >= 11 is 1.59. The molecule has 1 amide bonds. The van der Waals surface area contributed by atoms with Crippen LogP contribution in [-0.2, 0) is 20.9 Å². The van der Waals surface area contributed by atoms with E-state index in [2.05, 4.69) is 31.9 Å². The second-order valence-corrected chi connectivity index (χ2v) is 8.66. The number of fused-ring (bicyclic) bond motifs is 1. The molecule has 2 rings (SSSR count). The van der Waals surface area contributed by atoms with Crippen molar-refractivity contribution in [3.8, 4) is 0 Å². The Labute approximate surface area is 192 Å². The number of carbonyl (C=O) groups excluding carboxylic acids is 2. The Morgan fingerprint density at radius 2 is 1.88 bits per heavy atom. The van der Waals surface area contributed by atoms with Gasteiger partial charge in [0.25, 0.3) is 0 Å². The van der Waals surface area contributed by atoms with Crippen LogP contribution < -0.4 is 11.1 Å².